The third-order valence-corrected chi connectivity index (χ3v) is 6.10. The smallest absolute Gasteiger partial charge is 0.253 e. The van der Waals surface area contributed by atoms with Crippen LogP contribution in [0.25, 0.3) is 10.9 Å². The highest BCUT2D eigenvalue weighted by molar-refractivity contribution is 9.10. The fourth-order valence-electron chi connectivity index (χ4n) is 1.94. The maximum Gasteiger partial charge on any atom is 0.253 e. The van der Waals surface area contributed by atoms with Crippen molar-refractivity contribution in [3.05, 3.63) is 43.6 Å². The van der Waals surface area contributed by atoms with Crippen LogP contribution in [0.4, 0.5) is 0 Å². The van der Waals surface area contributed by atoms with Gasteiger partial charge >= 0.3 is 0 Å². The number of halogens is 2. The summed E-state index contributed by atoms with van der Waals surface area (Å²) in [6.45, 7) is 7.46. The third-order valence-electron chi connectivity index (χ3n) is 3.22. The van der Waals surface area contributed by atoms with Crippen LogP contribution in [0.2, 0.25) is 5.02 Å². The summed E-state index contributed by atoms with van der Waals surface area (Å²) >= 11 is 8.18. The Kier molecular flexibility index (Phi) is 5.29. The summed E-state index contributed by atoms with van der Waals surface area (Å²) in [6.07, 6.45) is 0. The van der Waals surface area contributed by atoms with Crippen molar-refractivity contribution in [3.8, 4) is 0 Å². The molecule has 0 aliphatic heterocycles. The van der Waals surface area contributed by atoms with E-state index in [1.165, 1.54) is 0 Å². The molecule has 0 radical (unpaired) electrons. The van der Waals surface area contributed by atoms with E-state index in [1.807, 2.05) is 27.7 Å². The monoisotopic (exact) mass is 404 g/mol. The highest BCUT2D eigenvalue weighted by Gasteiger charge is 2.29. The van der Waals surface area contributed by atoms with Gasteiger partial charge in [-0.25, -0.2) is 0 Å². The Morgan fingerprint density at radius 1 is 1.36 bits per heavy atom. The predicted octanol–water partition coefficient (Wildman–Crippen LogP) is 4.06. The zero-order valence-electron chi connectivity index (χ0n) is 12.8. The Balaban J connectivity index is 2.41. The fraction of sp³-hybridized carbons (Fsp3) is 0.400. The molecule has 0 aliphatic rings. The summed E-state index contributed by atoms with van der Waals surface area (Å²) in [6, 6.07) is 5.00. The second-order valence-electron chi connectivity index (χ2n) is 6.13. The molecular formula is C15H18BrClN2O2S. The van der Waals surface area contributed by atoms with Crippen LogP contribution in [0.5, 0.6) is 0 Å². The van der Waals surface area contributed by atoms with Crippen molar-refractivity contribution >= 4 is 49.8 Å². The largest absolute Gasteiger partial charge is 0.598 e. The summed E-state index contributed by atoms with van der Waals surface area (Å²) in [5, 5.41) is 1.40. The van der Waals surface area contributed by atoms with E-state index in [1.54, 1.807) is 18.2 Å². The maximum atomic E-state index is 12.3. The van der Waals surface area contributed by atoms with E-state index in [0.29, 0.717) is 16.1 Å². The zero-order valence-corrected chi connectivity index (χ0v) is 15.9. The van der Waals surface area contributed by atoms with Gasteiger partial charge in [0.05, 0.1) is 11.1 Å². The lowest BCUT2D eigenvalue weighted by Gasteiger charge is -2.26. The molecule has 2 unspecified atom stereocenters. The van der Waals surface area contributed by atoms with Crippen molar-refractivity contribution in [1.82, 2.24) is 9.71 Å². The van der Waals surface area contributed by atoms with Crippen LogP contribution in [-0.2, 0) is 11.4 Å². The number of rotatable bonds is 3. The van der Waals surface area contributed by atoms with Crippen molar-refractivity contribution < 1.29 is 4.55 Å². The molecule has 22 heavy (non-hydrogen) atoms. The molecule has 0 saturated carbocycles. The molecule has 1 aromatic heterocycles. The quantitative estimate of drug-likeness (QED) is 0.757. The molecule has 7 heteroatoms. The van der Waals surface area contributed by atoms with Crippen LogP contribution < -0.4 is 10.3 Å². The standard InChI is InChI=1S/C15H18BrClN2O2S/c1-8(19-22(21)15(2,3)4)10-5-9-6-12(17)11(16)7-13(9)18-14(10)20/h5-8,19H,1-4H3,(H,18,20). The molecule has 120 valence electrons. The van der Waals surface area contributed by atoms with Gasteiger partial charge in [0.1, 0.15) is 4.75 Å². The molecular weight excluding hydrogens is 388 g/mol. The van der Waals surface area contributed by atoms with Gasteiger partial charge in [-0.15, -0.1) is 4.72 Å². The molecule has 0 fully saturated rings. The summed E-state index contributed by atoms with van der Waals surface area (Å²) in [7, 11) is 0. The number of hydrogen-bond acceptors (Lipinski definition) is 3. The second-order valence-corrected chi connectivity index (χ2v) is 9.39. The Bertz CT molecular complexity index is 758. The molecule has 2 N–H and O–H groups in total. The van der Waals surface area contributed by atoms with E-state index in [0.717, 1.165) is 9.86 Å². The number of pyridine rings is 1. The van der Waals surface area contributed by atoms with E-state index in [4.69, 9.17) is 11.6 Å². The minimum absolute atomic E-state index is 0.201. The van der Waals surface area contributed by atoms with Gasteiger partial charge in [0.25, 0.3) is 5.56 Å². The molecule has 0 aliphatic carbocycles. The summed E-state index contributed by atoms with van der Waals surface area (Å²) in [5.74, 6) is 0. The average Bonchev–Trinajstić information content (AvgIpc) is 2.38. The number of H-pyrrole nitrogens is 1. The van der Waals surface area contributed by atoms with Crippen LogP contribution in [0, 0.1) is 0 Å². The maximum absolute atomic E-state index is 12.3. The SMILES string of the molecule is CC(N[S+]([O-])C(C)(C)C)c1cc2cc(Cl)c(Br)cc2[nH]c1=O. The first-order chi connectivity index (χ1) is 10.1. The van der Waals surface area contributed by atoms with E-state index >= 15 is 0 Å². The Morgan fingerprint density at radius 2 is 2.00 bits per heavy atom. The molecule has 1 heterocycles. The topological polar surface area (TPSA) is 67.9 Å². The molecule has 0 bridgehead atoms. The molecule has 2 rings (SSSR count). The van der Waals surface area contributed by atoms with Gasteiger partial charge in [0.2, 0.25) is 0 Å². The number of benzene rings is 1. The minimum Gasteiger partial charge on any atom is -0.598 e. The van der Waals surface area contributed by atoms with Gasteiger partial charge in [0.15, 0.2) is 0 Å². The van der Waals surface area contributed by atoms with Crippen LogP contribution in [0.15, 0.2) is 27.5 Å². The predicted molar refractivity (Wildman–Crippen MR) is 96.7 cm³/mol. The molecule has 0 spiro atoms. The Morgan fingerprint density at radius 3 is 2.59 bits per heavy atom. The van der Waals surface area contributed by atoms with Crippen molar-refractivity contribution in [2.75, 3.05) is 0 Å². The van der Waals surface area contributed by atoms with Gasteiger partial charge in [-0.3, -0.25) is 4.79 Å². The number of aromatic amines is 1. The van der Waals surface area contributed by atoms with Crippen molar-refractivity contribution in [3.63, 3.8) is 0 Å². The summed E-state index contributed by atoms with van der Waals surface area (Å²) in [5.41, 5.74) is 1.03. The minimum atomic E-state index is -1.25. The highest BCUT2D eigenvalue weighted by Crippen LogP contribution is 2.28. The molecule has 1 aromatic carbocycles. The van der Waals surface area contributed by atoms with Crippen LogP contribution in [0.3, 0.4) is 0 Å². The number of nitrogens with one attached hydrogen (secondary N) is 2. The van der Waals surface area contributed by atoms with Gasteiger partial charge in [-0.2, -0.15) is 0 Å². The Hall–Kier alpha value is -0.530. The van der Waals surface area contributed by atoms with Crippen molar-refractivity contribution in [2.24, 2.45) is 0 Å². The Labute approximate surface area is 146 Å². The lowest BCUT2D eigenvalue weighted by atomic mass is 10.1. The first kappa shape index (κ1) is 17.8. The molecule has 0 amide bonds. The molecule has 2 aromatic rings. The van der Waals surface area contributed by atoms with Crippen LogP contribution in [0.1, 0.15) is 39.3 Å². The fourth-order valence-corrected chi connectivity index (χ4v) is 3.26. The van der Waals surface area contributed by atoms with Gasteiger partial charge < -0.3 is 9.54 Å². The number of hydrogen-bond donors (Lipinski definition) is 2. The lowest BCUT2D eigenvalue weighted by molar-refractivity contribution is 0.530. The number of aromatic nitrogens is 1. The first-order valence-corrected chi connectivity index (χ1v) is 9.11. The average molecular weight is 406 g/mol. The summed E-state index contributed by atoms with van der Waals surface area (Å²) in [4.78, 5) is 15.1. The normalized spacial score (nSPS) is 15.0. The molecule has 2 atom stereocenters. The van der Waals surface area contributed by atoms with E-state index in [-0.39, 0.29) is 11.6 Å². The van der Waals surface area contributed by atoms with Crippen molar-refractivity contribution in [1.29, 1.82) is 0 Å². The first-order valence-electron chi connectivity index (χ1n) is 6.79. The van der Waals surface area contributed by atoms with E-state index in [2.05, 4.69) is 25.6 Å². The lowest BCUT2D eigenvalue weighted by Crippen LogP contribution is -2.41. The van der Waals surface area contributed by atoms with Gasteiger partial charge in [-0.05, 0) is 61.8 Å². The second kappa shape index (κ2) is 6.53. The van der Waals surface area contributed by atoms with E-state index in [9.17, 15) is 9.35 Å². The van der Waals surface area contributed by atoms with Gasteiger partial charge in [0, 0.05) is 32.3 Å². The highest BCUT2D eigenvalue weighted by atomic mass is 79.9. The molecule has 4 nitrogen and oxygen atoms in total. The summed E-state index contributed by atoms with van der Waals surface area (Å²) < 4.78 is 15.5. The number of fused-ring (bicyclic) bond motifs is 1. The van der Waals surface area contributed by atoms with Crippen molar-refractivity contribution in [2.45, 2.75) is 38.5 Å². The zero-order chi connectivity index (χ0) is 16.7. The van der Waals surface area contributed by atoms with Crippen LogP contribution >= 0.6 is 27.5 Å². The molecule has 0 saturated heterocycles. The van der Waals surface area contributed by atoms with Gasteiger partial charge in [-0.1, -0.05) is 11.6 Å². The third kappa shape index (κ3) is 3.86. The van der Waals surface area contributed by atoms with Crippen LogP contribution in [-0.4, -0.2) is 14.3 Å². The van der Waals surface area contributed by atoms with E-state index < -0.39 is 16.1 Å².